The third kappa shape index (κ3) is 7.34. The molecule has 8 heteroatoms. The second-order valence-electron chi connectivity index (χ2n) is 9.47. The molecule has 0 aliphatic heterocycles. The van der Waals surface area contributed by atoms with Crippen LogP contribution in [0.15, 0.2) is 66.9 Å². The number of carbonyl (C=O) groups is 1. The van der Waals surface area contributed by atoms with Gasteiger partial charge < -0.3 is 9.88 Å². The average Bonchev–Trinajstić information content (AvgIpc) is 3.32. The maximum atomic E-state index is 14.4. The highest BCUT2D eigenvalue weighted by atomic mass is 35.5. The van der Waals surface area contributed by atoms with Crippen LogP contribution >= 0.6 is 23.2 Å². The Hall–Kier alpha value is -2.93. The molecule has 1 N–H and O–H groups in total. The molecule has 0 saturated carbocycles. The minimum Gasteiger partial charge on any atom is -0.361 e. The maximum Gasteiger partial charge on any atom is 0.237 e. The Morgan fingerprint density at radius 2 is 1.74 bits per heavy atom. The predicted octanol–water partition coefficient (Wildman–Crippen LogP) is 7.63. The number of unbranched alkanes of at least 4 members (excludes halogenated alkanes) is 1. The lowest BCUT2D eigenvalue weighted by Crippen LogP contribution is -2.41. The van der Waals surface area contributed by atoms with E-state index in [0.29, 0.717) is 36.1 Å². The van der Waals surface area contributed by atoms with Crippen molar-refractivity contribution in [3.05, 3.63) is 105 Å². The molecular weight excluding hydrogens is 527 g/mol. The zero-order valence-electron chi connectivity index (χ0n) is 21.3. The van der Waals surface area contributed by atoms with Crippen molar-refractivity contribution in [2.75, 3.05) is 19.6 Å². The Bertz CT molecular complexity index is 1390. The van der Waals surface area contributed by atoms with Crippen LogP contribution < -0.4 is 0 Å². The van der Waals surface area contributed by atoms with Crippen molar-refractivity contribution in [1.29, 1.82) is 0 Å². The standard InChI is InChI=1S/C30H31Cl2F2N3O/c1-2-3-13-36(19-23-16-24(33)9-11-28(23)34)20-30(38)37(18-21-8-10-26(31)27(32)15-21)14-12-22-17-35-29-7-5-4-6-25(22)29/h4-11,15-17,35H,2-3,12-14,18-20H2,1H3. The number of hydrogen-bond acceptors (Lipinski definition) is 2. The van der Waals surface area contributed by atoms with Crippen LogP contribution in [0, 0.1) is 11.6 Å². The van der Waals surface area contributed by atoms with Crippen molar-refractivity contribution in [3.63, 3.8) is 0 Å². The lowest BCUT2D eigenvalue weighted by atomic mass is 10.1. The van der Waals surface area contributed by atoms with Crippen molar-refractivity contribution in [1.82, 2.24) is 14.8 Å². The summed E-state index contributed by atoms with van der Waals surface area (Å²) in [5.41, 5.74) is 3.27. The fraction of sp³-hybridized carbons (Fsp3) is 0.300. The average molecular weight is 559 g/mol. The Balaban J connectivity index is 1.54. The number of nitrogens with zero attached hydrogens (tertiary/aromatic N) is 2. The van der Waals surface area contributed by atoms with Crippen LogP contribution in [0.25, 0.3) is 10.9 Å². The molecule has 0 fully saturated rings. The molecule has 1 heterocycles. The fourth-order valence-corrected chi connectivity index (χ4v) is 4.86. The van der Waals surface area contributed by atoms with Gasteiger partial charge in [-0.2, -0.15) is 0 Å². The van der Waals surface area contributed by atoms with E-state index in [-0.39, 0.29) is 24.6 Å². The SMILES string of the molecule is CCCCN(CC(=O)N(CCc1c[nH]c2ccccc12)Cc1ccc(Cl)c(Cl)c1)Cc1cc(F)ccc1F. The lowest BCUT2D eigenvalue weighted by molar-refractivity contribution is -0.133. The van der Waals surface area contributed by atoms with E-state index in [9.17, 15) is 13.6 Å². The second-order valence-corrected chi connectivity index (χ2v) is 10.3. The minimum atomic E-state index is -0.497. The van der Waals surface area contributed by atoms with Gasteiger partial charge in [0.1, 0.15) is 11.6 Å². The molecule has 3 aromatic carbocycles. The molecule has 0 aliphatic carbocycles. The smallest absolute Gasteiger partial charge is 0.237 e. The summed E-state index contributed by atoms with van der Waals surface area (Å²) in [5, 5.41) is 2.01. The topological polar surface area (TPSA) is 39.3 Å². The van der Waals surface area contributed by atoms with E-state index in [4.69, 9.17) is 23.2 Å². The highest BCUT2D eigenvalue weighted by Gasteiger charge is 2.20. The van der Waals surface area contributed by atoms with E-state index in [2.05, 4.69) is 18.0 Å². The molecule has 0 atom stereocenters. The van der Waals surface area contributed by atoms with Gasteiger partial charge in [0.05, 0.1) is 16.6 Å². The number of halogens is 4. The van der Waals surface area contributed by atoms with Crippen LogP contribution in [-0.4, -0.2) is 40.3 Å². The summed E-state index contributed by atoms with van der Waals surface area (Å²) in [6.45, 7) is 3.73. The number of aromatic amines is 1. The zero-order chi connectivity index (χ0) is 27.1. The number of aromatic nitrogens is 1. The van der Waals surface area contributed by atoms with Crippen molar-refractivity contribution >= 4 is 40.0 Å². The highest BCUT2D eigenvalue weighted by molar-refractivity contribution is 6.42. The summed E-state index contributed by atoms with van der Waals surface area (Å²) in [4.78, 5) is 20.7. The molecule has 200 valence electrons. The van der Waals surface area contributed by atoms with Crippen LogP contribution in [0.2, 0.25) is 10.0 Å². The largest absolute Gasteiger partial charge is 0.361 e. The molecule has 0 bridgehead atoms. The van der Waals surface area contributed by atoms with Gasteiger partial charge in [-0.15, -0.1) is 0 Å². The number of fused-ring (bicyclic) bond motifs is 1. The van der Waals surface area contributed by atoms with Crippen molar-refractivity contribution < 1.29 is 13.6 Å². The van der Waals surface area contributed by atoms with Gasteiger partial charge >= 0.3 is 0 Å². The number of carbonyl (C=O) groups excluding carboxylic acids is 1. The van der Waals surface area contributed by atoms with Crippen LogP contribution in [-0.2, 0) is 24.3 Å². The van der Waals surface area contributed by atoms with Gasteiger partial charge in [0.2, 0.25) is 5.91 Å². The first kappa shape index (κ1) is 28.1. The summed E-state index contributed by atoms with van der Waals surface area (Å²) in [5.74, 6) is -1.07. The van der Waals surface area contributed by atoms with Gasteiger partial charge in [0, 0.05) is 42.3 Å². The third-order valence-electron chi connectivity index (χ3n) is 6.62. The molecule has 1 aromatic heterocycles. The van der Waals surface area contributed by atoms with Crippen molar-refractivity contribution in [3.8, 4) is 0 Å². The monoisotopic (exact) mass is 557 g/mol. The zero-order valence-corrected chi connectivity index (χ0v) is 22.8. The Kier molecular flexibility index (Phi) is 9.78. The van der Waals surface area contributed by atoms with Crippen molar-refractivity contribution in [2.45, 2.75) is 39.3 Å². The first-order chi connectivity index (χ1) is 18.3. The first-order valence-electron chi connectivity index (χ1n) is 12.8. The summed E-state index contributed by atoms with van der Waals surface area (Å²) >= 11 is 12.3. The van der Waals surface area contributed by atoms with Gasteiger partial charge in [-0.1, -0.05) is 60.8 Å². The molecule has 0 radical (unpaired) electrons. The lowest BCUT2D eigenvalue weighted by Gasteiger charge is -2.28. The van der Waals surface area contributed by atoms with E-state index >= 15 is 0 Å². The van der Waals surface area contributed by atoms with E-state index in [0.717, 1.165) is 47.0 Å². The predicted molar refractivity (Wildman–Crippen MR) is 150 cm³/mol. The number of hydrogen-bond donors (Lipinski definition) is 1. The molecule has 0 spiro atoms. The number of benzene rings is 3. The molecular formula is C30H31Cl2F2N3O. The van der Waals surface area contributed by atoms with Crippen LogP contribution in [0.5, 0.6) is 0 Å². The van der Waals surface area contributed by atoms with Gasteiger partial charge in [0.15, 0.2) is 0 Å². The molecule has 4 aromatic rings. The quantitative estimate of drug-likeness (QED) is 0.194. The molecule has 0 unspecified atom stereocenters. The Labute approximate surface area is 232 Å². The van der Waals surface area contributed by atoms with Crippen LogP contribution in [0.4, 0.5) is 8.78 Å². The highest BCUT2D eigenvalue weighted by Crippen LogP contribution is 2.24. The summed E-state index contributed by atoms with van der Waals surface area (Å²) in [6.07, 6.45) is 4.40. The molecule has 38 heavy (non-hydrogen) atoms. The van der Waals surface area contributed by atoms with Gasteiger partial charge in [-0.05, 0) is 66.9 Å². The summed E-state index contributed by atoms with van der Waals surface area (Å²) in [6, 6.07) is 16.8. The third-order valence-corrected chi connectivity index (χ3v) is 7.36. The van der Waals surface area contributed by atoms with Gasteiger partial charge in [-0.3, -0.25) is 9.69 Å². The number of para-hydroxylation sites is 1. The van der Waals surface area contributed by atoms with E-state index < -0.39 is 11.6 Å². The molecule has 0 aliphatic rings. The van der Waals surface area contributed by atoms with Gasteiger partial charge in [-0.25, -0.2) is 8.78 Å². The Morgan fingerprint density at radius 1 is 0.921 bits per heavy atom. The van der Waals surface area contributed by atoms with Gasteiger partial charge in [0.25, 0.3) is 0 Å². The van der Waals surface area contributed by atoms with Crippen LogP contribution in [0.3, 0.4) is 0 Å². The van der Waals surface area contributed by atoms with Crippen molar-refractivity contribution in [2.24, 2.45) is 0 Å². The van der Waals surface area contributed by atoms with Crippen LogP contribution in [0.1, 0.15) is 36.5 Å². The van der Waals surface area contributed by atoms with E-state index in [1.54, 1.807) is 17.0 Å². The second kappa shape index (κ2) is 13.2. The number of nitrogens with one attached hydrogen (secondary N) is 1. The minimum absolute atomic E-state index is 0.0885. The molecule has 4 nitrogen and oxygen atoms in total. The maximum absolute atomic E-state index is 14.4. The normalized spacial score (nSPS) is 11.4. The van der Waals surface area contributed by atoms with E-state index in [1.165, 1.54) is 6.07 Å². The molecule has 0 saturated heterocycles. The molecule has 4 rings (SSSR count). The summed E-state index contributed by atoms with van der Waals surface area (Å²) < 4.78 is 28.2. The number of amides is 1. The number of rotatable bonds is 12. The van der Waals surface area contributed by atoms with E-state index in [1.807, 2.05) is 35.4 Å². The Morgan fingerprint density at radius 3 is 2.53 bits per heavy atom. The summed E-state index contributed by atoms with van der Waals surface area (Å²) in [7, 11) is 0. The molecule has 1 amide bonds. The first-order valence-corrected chi connectivity index (χ1v) is 13.5. The number of H-pyrrole nitrogens is 1. The fourth-order valence-electron chi connectivity index (χ4n) is 4.54.